The van der Waals surface area contributed by atoms with Gasteiger partial charge in [-0.15, -0.1) is 5.10 Å². The van der Waals surface area contributed by atoms with Crippen molar-refractivity contribution in [2.45, 2.75) is 37.2 Å². The first-order valence-electron chi connectivity index (χ1n) is 12.4. The number of nitrogens with zero attached hydrogens (tertiary/aromatic N) is 5. The second-order valence-corrected chi connectivity index (χ2v) is 10.3. The third-order valence-electron chi connectivity index (χ3n) is 6.33. The fourth-order valence-electron chi connectivity index (χ4n) is 4.24. The van der Waals surface area contributed by atoms with Crippen LogP contribution in [0.4, 0.5) is 32.7 Å². The van der Waals surface area contributed by atoms with E-state index in [0.717, 1.165) is 9.58 Å². The first-order valence-corrected chi connectivity index (χ1v) is 13.1. The highest BCUT2D eigenvalue weighted by Gasteiger charge is 2.49. The van der Waals surface area contributed by atoms with Gasteiger partial charge in [-0.3, -0.25) is 15.1 Å². The van der Waals surface area contributed by atoms with Crippen LogP contribution in [0.25, 0.3) is 5.69 Å². The molecule has 0 bridgehead atoms. The Hall–Kier alpha value is -4.02. The van der Waals surface area contributed by atoms with E-state index in [-0.39, 0.29) is 33.1 Å². The van der Waals surface area contributed by atoms with E-state index in [9.17, 15) is 36.6 Å². The Bertz CT molecular complexity index is 1520. The van der Waals surface area contributed by atoms with Crippen LogP contribution in [0.5, 0.6) is 0 Å². The van der Waals surface area contributed by atoms with Crippen molar-refractivity contribution in [3.8, 4) is 5.69 Å². The molecular formula is C25H23Cl2F5N8O3. The van der Waals surface area contributed by atoms with Gasteiger partial charge < -0.3 is 21.1 Å². The molecule has 1 aliphatic heterocycles. The molecule has 1 fully saturated rings. The molecule has 0 unspecified atom stereocenters. The van der Waals surface area contributed by atoms with Gasteiger partial charge in [-0.05, 0) is 36.4 Å². The number of anilines is 1. The summed E-state index contributed by atoms with van der Waals surface area (Å²) < 4.78 is 69.2. The fraction of sp³-hybridized carbons (Fsp3) is 0.320. The molecule has 1 saturated heterocycles. The normalized spacial score (nSPS) is 17.0. The minimum atomic E-state index is -5.10. The van der Waals surface area contributed by atoms with E-state index in [0.29, 0.717) is 4.90 Å². The second-order valence-electron chi connectivity index (χ2n) is 9.48. The topological polar surface area (TPSA) is 153 Å². The smallest absolute Gasteiger partial charge is 0.382 e. The highest BCUT2D eigenvalue weighted by molar-refractivity contribution is 6.32. The Kier molecular flexibility index (Phi) is 9.13. The number of primary amides is 1. The number of alkyl halides is 5. The molecule has 230 valence electrons. The van der Waals surface area contributed by atoms with Gasteiger partial charge in [0.2, 0.25) is 11.9 Å². The highest BCUT2D eigenvalue weighted by atomic mass is 35.5. The zero-order valence-corrected chi connectivity index (χ0v) is 23.3. The molecule has 2 atom stereocenters. The van der Waals surface area contributed by atoms with Gasteiger partial charge in [0.25, 0.3) is 5.92 Å². The van der Waals surface area contributed by atoms with Crippen molar-refractivity contribution in [2.75, 3.05) is 18.0 Å². The minimum Gasteiger partial charge on any atom is -0.382 e. The van der Waals surface area contributed by atoms with Gasteiger partial charge in [0.05, 0.1) is 30.3 Å². The Labute approximate surface area is 250 Å². The number of urea groups is 1. The molecule has 11 nitrogen and oxygen atoms in total. The van der Waals surface area contributed by atoms with Crippen molar-refractivity contribution in [3.05, 3.63) is 70.0 Å². The van der Waals surface area contributed by atoms with Crippen molar-refractivity contribution in [2.24, 2.45) is 5.73 Å². The van der Waals surface area contributed by atoms with Crippen LogP contribution in [-0.4, -0.2) is 79.9 Å². The number of hydrogen-bond acceptors (Lipinski definition) is 7. The largest absolute Gasteiger partial charge is 0.416 e. The molecule has 1 aromatic heterocycles. The lowest BCUT2D eigenvalue weighted by atomic mass is 10.2. The van der Waals surface area contributed by atoms with E-state index >= 15 is 0 Å². The second kappa shape index (κ2) is 12.3. The summed E-state index contributed by atoms with van der Waals surface area (Å²) in [5, 5.41) is 24.9. The molecule has 18 heteroatoms. The summed E-state index contributed by atoms with van der Waals surface area (Å²) in [5.41, 5.74) is 5.57. The molecule has 2 heterocycles. The Balaban J connectivity index is 1.65. The lowest BCUT2D eigenvalue weighted by Crippen LogP contribution is -2.50. The number of aromatic nitrogens is 3. The lowest BCUT2D eigenvalue weighted by Gasteiger charge is -2.27. The zero-order valence-electron chi connectivity index (χ0n) is 21.8. The van der Waals surface area contributed by atoms with Crippen molar-refractivity contribution >= 4 is 46.9 Å². The van der Waals surface area contributed by atoms with Gasteiger partial charge in [-0.2, -0.15) is 22.8 Å². The molecule has 4 rings (SSSR count). The molecule has 0 radical (unpaired) electrons. The molecule has 2 aromatic carbocycles. The minimum absolute atomic E-state index is 0.0183. The maximum absolute atomic E-state index is 14.4. The number of para-hydroxylation sites is 1. The number of nitrogens with one attached hydrogen (secondary N) is 2. The molecule has 3 amide bonds. The standard InChI is InChI=1S/C25H23Cl2F5N8O3/c26-14-7-5-13(6-8-14)20(33)38(11-18(41)25(30,31)32)23(43)35-10-19-36-22(39-12-24(28,29)9-17(39)21(34)42)40(37-19)16-4-2-1-3-15(16)27/h1-8,17-18,33,41H,9-12H2,(H2,34,42)(H,35,43)/t17-,18-/m0/s1. The Morgan fingerprint density at radius 3 is 2.44 bits per heavy atom. The van der Waals surface area contributed by atoms with Gasteiger partial charge in [-0.1, -0.05) is 35.3 Å². The number of hydrogen-bond donors (Lipinski definition) is 4. The number of amides is 3. The third kappa shape index (κ3) is 7.32. The Morgan fingerprint density at radius 2 is 1.84 bits per heavy atom. The highest BCUT2D eigenvalue weighted by Crippen LogP contribution is 2.36. The molecule has 5 N–H and O–H groups in total. The van der Waals surface area contributed by atoms with Gasteiger partial charge in [0.1, 0.15) is 11.9 Å². The van der Waals surface area contributed by atoms with Crippen LogP contribution in [0, 0.1) is 5.41 Å². The summed E-state index contributed by atoms with van der Waals surface area (Å²) in [6.07, 6.45) is -8.97. The maximum atomic E-state index is 14.4. The number of aliphatic hydroxyl groups is 1. The maximum Gasteiger partial charge on any atom is 0.416 e. The van der Waals surface area contributed by atoms with E-state index in [1.54, 1.807) is 12.1 Å². The summed E-state index contributed by atoms with van der Waals surface area (Å²) in [6.45, 7) is -2.83. The fourth-order valence-corrected chi connectivity index (χ4v) is 4.58. The number of carbonyl (C=O) groups is 2. The first-order chi connectivity index (χ1) is 20.1. The van der Waals surface area contributed by atoms with Crippen molar-refractivity contribution in [3.63, 3.8) is 0 Å². The molecule has 0 aliphatic carbocycles. The predicted octanol–water partition coefficient (Wildman–Crippen LogP) is 3.73. The van der Waals surface area contributed by atoms with Crippen LogP contribution in [0.1, 0.15) is 17.8 Å². The van der Waals surface area contributed by atoms with E-state index < -0.39 is 68.1 Å². The van der Waals surface area contributed by atoms with Crippen molar-refractivity contribution in [1.82, 2.24) is 25.0 Å². The SMILES string of the molecule is N=C(c1ccc(Cl)cc1)N(C[C@H](O)C(F)(F)F)C(=O)NCc1nc(N2CC(F)(F)C[C@H]2C(N)=O)n(-c2ccccc2Cl)n1. The number of amidine groups is 1. The Morgan fingerprint density at radius 1 is 1.19 bits per heavy atom. The monoisotopic (exact) mass is 648 g/mol. The number of benzene rings is 2. The predicted molar refractivity (Wildman–Crippen MR) is 146 cm³/mol. The van der Waals surface area contributed by atoms with Crippen LogP contribution in [0.15, 0.2) is 48.5 Å². The van der Waals surface area contributed by atoms with Gasteiger partial charge in [0.15, 0.2) is 11.9 Å². The van der Waals surface area contributed by atoms with E-state index in [2.05, 4.69) is 15.4 Å². The summed E-state index contributed by atoms with van der Waals surface area (Å²) in [5.74, 6) is -5.49. The van der Waals surface area contributed by atoms with Crippen LogP contribution in [0.2, 0.25) is 10.0 Å². The number of nitrogens with two attached hydrogens (primary N) is 1. The van der Waals surface area contributed by atoms with Gasteiger partial charge >= 0.3 is 12.2 Å². The van der Waals surface area contributed by atoms with Crippen LogP contribution >= 0.6 is 23.2 Å². The average Bonchev–Trinajstić information content (AvgIpc) is 3.50. The number of rotatable bonds is 8. The molecule has 3 aromatic rings. The van der Waals surface area contributed by atoms with E-state index in [1.165, 1.54) is 36.4 Å². The molecule has 0 spiro atoms. The molecule has 0 saturated carbocycles. The lowest BCUT2D eigenvalue weighted by molar-refractivity contribution is -0.204. The van der Waals surface area contributed by atoms with Crippen LogP contribution in [-0.2, 0) is 11.3 Å². The van der Waals surface area contributed by atoms with Gasteiger partial charge in [-0.25, -0.2) is 13.6 Å². The summed E-state index contributed by atoms with van der Waals surface area (Å²) in [6, 6.07) is 8.76. The third-order valence-corrected chi connectivity index (χ3v) is 6.91. The quantitative estimate of drug-likeness (QED) is 0.166. The first kappa shape index (κ1) is 31.9. The summed E-state index contributed by atoms with van der Waals surface area (Å²) >= 11 is 12.1. The van der Waals surface area contributed by atoms with Crippen molar-refractivity contribution < 1.29 is 36.6 Å². The summed E-state index contributed by atoms with van der Waals surface area (Å²) in [7, 11) is 0. The number of halogens is 7. The van der Waals surface area contributed by atoms with E-state index in [4.69, 9.17) is 34.3 Å². The van der Waals surface area contributed by atoms with Crippen LogP contribution < -0.4 is 16.0 Å². The molecule has 1 aliphatic rings. The molecular weight excluding hydrogens is 626 g/mol. The van der Waals surface area contributed by atoms with Crippen LogP contribution in [0.3, 0.4) is 0 Å². The number of aliphatic hydroxyl groups excluding tert-OH is 1. The summed E-state index contributed by atoms with van der Waals surface area (Å²) in [4.78, 5) is 30.6. The molecule has 43 heavy (non-hydrogen) atoms. The average molecular weight is 649 g/mol. The van der Waals surface area contributed by atoms with Gasteiger partial charge in [0, 0.05) is 17.0 Å². The zero-order chi connectivity index (χ0) is 31.7. The van der Waals surface area contributed by atoms with Crippen molar-refractivity contribution in [1.29, 1.82) is 5.41 Å². The van der Waals surface area contributed by atoms with E-state index in [1.807, 2.05) is 0 Å². The number of carbonyl (C=O) groups excluding carboxylic acids is 2.